The second-order valence-electron chi connectivity index (χ2n) is 10.3. The first kappa shape index (κ1) is 30.9. The molecule has 0 heterocycles. The molecule has 1 aliphatic rings. The molecule has 0 aliphatic heterocycles. The van der Waals surface area contributed by atoms with Crippen molar-refractivity contribution in [3.05, 3.63) is 64.6 Å². The normalized spacial score (nSPS) is 14.5. The number of fused-ring (bicyclic) bond motifs is 1. The van der Waals surface area contributed by atoms with Gasteiger partial charge in [0.15, 0.2) is 0 Å². The number of carbonyl (C=O) groups is 3. The maximum atomic E-state index is 12.7. The van der Waals surface area contributed by atoms with E-state index in [1.54, 1.807) is 14.0 Å². The topological polar surface area (TPSA) is 88.1 Å². The van der Waals surface area contributed by atoms with Crippen molar-refractivity contribution in [3.63, 3.8) is 0 Å². The average Bonchev–Trinajstić information content (AvgIpc) is 2.97. The molecule has 0 fully saturated rings. The number of rotatable bonds is 16. The first-order valence-electron chi connectivity index (χ1n) is 14.2. The molecule has 1 atom stereocenters. The van der Waals surface area contributed by atoms with Gasteiger partial charge in [0.1, 0.15) is 5.75 Å². The van der Waals surface area contributed by atoms with Crippen molar-refractivity contribution in [1.29, 1.82) is 0 Å². The number of esters is 1. The summed E-state index contributed by atoms with van der Waals surface area (Å²) in [6.45, 7) is 4.01. The van der Waals surface area contributed by atoms with E-state index in [1.165, 1.54) is 14.2 Å². The Bertz CT molecular complexity index is 1270. The SMILES string of the molecule is COC1=C(OC)C(=O)C(CCCCCCCCCCOC(=O)[C@H](C)c2ccc3cc(OC)ccc3c2)=C(C)C1=O. The molecule has 40 heavy (non-hydrogen) atoms. The van der Waals surface area contributed by atoms with Crippen LogP contribution in [0.15, 0.2) is 59.1 Å². The molecule has 0 amide bonds. The maximum absolute atomic E-state index is 12.7. The summed E-state index contributed by atoms with van der Waals surface area (Å²) in [5, 5.41) is 2.15. The smallest absolute Gasteiger partial charge is 0.313 e. The van der Waals surface area contributed by atoms with Gasteiger partial charge < -0.3 is 18.9 Å². The van der Waals surface area contributed by atoms with Gasteiger partial charge >= 0.3 is 5.97 Å². The van der Waals surface area contributed by atoms with Gasteiger partial charge in [0.05, 0.1) is 33.9 Å². The van der Waals surface area contributed by atoms with Gasteiger partial charge in [-0.05, 0) is 61.6 Å². The van der Waals surface area contributed by atoms with Gasteiger partial charge in [-0.15, -0.1) is 0 Å². The van der Waals surface area contributed by atoms with Crippen LogP contribution in [0.3, 0.4) is 0 Å². The Morgan fingerprint density at radius 1 is 0.725 bits per heavy atom. The quantitative estimate of drug-likeness (QED) is 0.127. The fourth-order valence-electron chi connectivity index (χ4n) is 5.03. The Balaban J connectivity index is 1.27. The number of unbranched alkanes of at least 4 members (excludes halogenated alkanes) is 7. The fraction of sp³-hybridized carbons (Fsp3) is 0.485. The first-order valence-corrected chi connectivity index (χ1v) is 14.2. The monoisotopic (exact) mass is 550 g/mol. The van der Waals surface area contributed by atoms with Crippen molar-refractivity contribution in [2.75, 3.05) is 27.9 Å². The van der Waals surface area contributed by atoms with Crippen LogP contribution in [0.4, 0.5) is 0 Å². The van der Waals surface area contributed by atoms with Gasteiger partial charge in [0.2, 0.25) is 23.1 Å². The van der Waals surface area contributed by atoms with E-state index in [9.17, 15) is 14.4 Å². The molecule has 7 nitrogen and oxygen atoms in total. The lowest BCUT2D eigenvalue weighted by Crippen LogP contribution is -2.25. The highest BCUT2D eigenvalue weighted by Crippen LogP contribution is 2.29. The van der Waals surface area contributed by atoms with Crippen molar-refractivity contribution in [2.24, 2.45) is 0 Å². The van der Waals surface area contributed by atoms with Crippen molar-refractivity contribution < 1.29 is 33.3 Å². The summed E-state index contributed by atoms with van der Waals surface area (Å²) in [5.74, 6) is -0.218. The third kappa shape index (κ3) is 7.74. The fourth-order valence-corrected chi connectivity index (χ4v) is 5.03. The molecule has 0 aromatic heterocycles. The molecule has 216 valence electrons. The predicted molar refractivity (Wildman–Crippen MR) is 155 cm³/mol. The Kier molecular flexibility index (Phi) is 11.8. The molecule has 0 saturated heterocycles. The van der Waals surface area contributed by atoms with Crippen LogP contribution in [0.25, 0.3) is 10.8 Å². The molecule has 0 N–H and O–H groups in total. The molecule has 0 saturated carbocycles. The number of allylic oxidation sites excluding steroid dienone is 2. The number of hydrogen-bond donors (Lipinski definition) is 0. The van der Waals surface area contributed by atoms with Gasteiger partial charge in [-0.3, -0.25) is 14.4 Å². The lowest BCUT2D eigenvalue weighted by atomic mass is 9.89. The summed E-state index contributed by atoms with van der Waals surface area (Å²) < 4.78 is 21.0. The van der Waals surface area contributed by atoms with Crippen molar-refractivity contribution >= 4 is 28.3 Å². The van der Waals surface area contributed by atoms with Crippen LogP contribution in [0.1, 0.15) is 83.1 Å². The first-order chi connectivity index (χ1) is 19.3. The van der Waals surface area contributed by atoms with E-state index in [4.69, 9.17) is 18.9 Å². The van der Waals surface area contributed by atoms with Gasteiger partial charge in [0, 0.05) is 11.1 Å². The van der Waals surface area contributed by atoms with E-state index in [1.807, 2.05) is 43.3 Å². The summed E-state index contributed by atoms with van der Waals surface area (Å²) >= 11 is 0. The Labute approximate surface area is 237 Å². The second-order valence-corrected chi connectivity index (χ2v) is 10.3. The Morgan fingerprint density at radius 3 is 1.95 bits per heavy atom. The summed E-state index contributed by atoms with van der Waals surface area (Å²) in [5.41, 5.74) is 1.94. The molecule has 0 spiro atoms. The number of hydrogen-bond acceptors (Lipinski definition) is 7. The number of methoxy groups -OCH3 is 3. The standard InChI is InChI=1S/C33H42O7/c1-22(24-15-16-26-21-27(37-3)18-17-25(26)20-24)33(36)40-19-13-11-9-7-6-8-10-12-14-28-23(2)29(34)31(38-4)32(39-5)30(28)35/h15-18,20-22H,6-14,19H2,1-5H3/t22-/m1/s1. The lowest BCUT2D eigenvalue weighted by molar-refractivity contribution is -0.145. The van der Waals surface area contributed by atoms with E-state index in [2.05, 4.69) is 0 Å². The van der Waals surface area contributed by atoms with Gasteiger partial charge in [0.25, 0.3) is 0 Å². The molecule has 0 unspecified atom stereocenters. The Morgan fingerprint density at radius 2 is 1.30 bits per heavy atom. The molecular weight excluding hydrogens is 508 g/mol. The second kappa shape index (κ2) is 15.2. The molecule has 0 radical (unpaired) electrons. The number of ketones is 2. The van der Waals surface area contributed by atoms with E-state index in [-0.39, 0.29) is 35.0 Å². The number of carbonyl (C=O) groups excluding carboxylic acids is 3. The largest absolute Gasteiger partial charge is 0.497 e. The minimum absolute atomic E-state index is 0.00306. The summed E-state index contributed by atoms with van der Waals surface area (Å²) in [6, 6.07) is 11.9. The average molecular weight is 551 g/mol. The van der Waals surface area contributed by atoms with Crippen LogP contribution >= 0.6 is 0 Å². The van der Waals surface area contributed by atoms with Crippen molar-refractivity contribution in [1.82, 2.24) is 0 Å². The van der Waals surface area contributed by atoms with Gasteiger partial charge in [-0.2, -0.15) is 0 Å². The molecule has 1 aliphatic carbocycles. The highest BCUT2D eigenvalue weighted by Gasteiger charge is 2.34. The van der Waals surface area contributed by atoms with Crippen LogP contribution < -0.4 is 4.74 Å². The zero-order valence-corrected chi connectivity index (χ0v) is 24.5. The van der Waals surface area contributed by atoms with E-state index in [0.717, 1.165) is 73.5 Å². The maximum Gasteiger partial charge on any atom is 0.313 e. The van der Waals surface area contributed by atoms with Gasteiger partial charge in [-0.1, -0.05) is 62.8 Å². The molecule has 2 aromatic carbocycles. The number of benzene rings is 2. The van der Waals surface area contributed by atoms with Gasteiger partial charge in [-0.25, -0.2) is 0 Å². The van der Waals surface area contributed by atoms with Crippen LogP contribution in [0, 0.1) is 0 Å². The summed E-state index contributed by atoms with van der Waals surface area (Å²) in [6.07, 6.45) is 8.72. The van der Waals surface area contributed by atoms with E-state index in [0.29, 0.717) is 24.2 Å². The molecular formula is C33H42O7. The highest BCUT2D eigenvalue weighted by atomic mass is 16.5. The molecule has 0 bridgehead atoms. The minimum Gasteiger partial charge on any atom is -0.497 e. The Hall–Kier alpha value is -3.61. The predicted octanol–water partition coefficient (Wildman–Crippen LogP) is 6.98. The number of Topliss-reactive ketones (excluding diaryl/α,β-unsaturated/α-hetero) is 2. The lowest BCUT2D eigenvalue weighted by Gasteiger charge is -2.20. The third-order valence-corrected chi connectivity index (χ3v) is 7.58. The van der Waals surface area contributed by atoms with Crippen molar-refractivity contribution in [3.8, 4) is 5.75 Å². The van der Waals surface area contributed by atoms with Crippen LogP contribution in [-0.4, -0.2) is 45.5 Å². The minimum atomic E-state index is -0.313. The molecule has 3 rings (SSSR count). The molecule has 7 heteroatoms. The van der Waals surface area contributed by atoms with E-state index < -0.39 is 0 Å². The third-order valence-electron chi connectivity index (χ3n) is 7.58. The zero-order valence-electron chi connectivity index (χ0n) is 24.5. The van der Waals surface area contributed by atoms with Crippen LogP contribution in [-0.2, 0) is 28.6 Å². The van der Waals surface area contributed by atoms with Crippen LogP contribution in [0.5, 0.6) is 5.75 Å². The van der Waals surface area contributed by atoms with E-state index >= 15 is 0 Å². The number of ether oxygens (including phenoxy) is 4. The zero-order chi connectivity index (χ0) is 29.1. The molecule has 2 aromatic rings. The van der Waals surface area contributed by atoms with Crippen molar-refractivity contribution in [2.45, 2.75) is 77.6 Å². The summed E-state index contributed by atoms with van der Waals surface area (Å²) in [4.78, 5) is 37.7. The highest BCUT2D eigenvalue weighted by molar-refractivity contribution is 6.23. The summed E-state index contributed by atoms with van der Waals surface area (Å²) in [7, 11) is 4.40. The van der Waals surface area contributed by atoms with Crippen LogP contribution in [0.2, 0.25) is 0 Å².